The minimum Gasteiger partial charge on any atom is -0.499 e. The molecular weight excluding hydrogens is 154 g/mol. The van der Waals surface area contributed by atoms with Crippen LogP contribution in [-0.4, -0.2) is 18.6 Å². The zero-order chi connectivity index (χ0) is 8.97. The number of carbonyl (C=O) groups excluding carboxylic acids is 1. The molecule has 0 aromatic heterocycles. The quantitative estimate of drug-likeness (QED) is 0.641. The summed E-state index contributed by atoms with van der Waals surface area (Å²) in [6, 6.07) is 0. The molecule has 68 valence electrons. The van der Waals surface area contributed by atoms with E-state index in [-0.39, 0.29) is 12.0 Å². The summed E-state index contributed by atoms with van der Waals surface area (Å²) in [5.41, 5.74) is 0. The molecule has 3 nitrogen and oxygen atoms in total. The van der Waals surface area contributed by atoms with Gasteiger partial charge in [0, 0.05) is 18.9 Å². The number of hydrogen-bond donors (Lipinski definition) is 1. The summed E-state index contributed by atoms with van der Waals surface area (Å²) in [5.74, 6) is 0.581. The molecule has 3 heteroatoms. The molecule has 0 radical (unpaired) electrons. The Morgan fingerprint density at radius 1 is 1.83 bits per heavy atom. The molecule has 0 spiro atoms. The van der Waals surface area contributed by atoms with E-state index in [4.69, 9.17) is 4.74 Å². The van der Waals surface area contributed by atoms with Gasteiger partial charge in [0.1, 0.15) is 0 Å². The Morgan fingerprint density at radius 3 is 3.08 bits per heavy atom. The lowest BCUT2D eigenvalue weighted by Gasteiger charge is -2.27. The van der Waals surface area contributed by atoms with Crippen LogP contribution in [0.1, 0.15) is 19.8 Å². The van der Waals surface area contributed by atoms with Crippen LogP contribution in [0, 0.1) is 5.92 Å². The Kier molecular flexibility index (Phi) is 3.14. The van der Waals surface area contributed by atoms with E-state index in [9.17, 15) is 4.79 Å². The van der Waals surface area contributed by atoms with Crippen LogP contribution < -0.4 is 5.32 Å². The SMILES string of the molecule is C=COC(C)C1CCC(=O)NC1. The van der Waals surface area contributed by atoms with Crippen LogP contribution >= 0.6 is 0 Å². The zero-order valence-electron chi connectivity index (χ0n) is 7.38. The summed E-state index contributed by atoms with van der Waals surface area (Å²) >= 11 is 0. The number of amides is 1. The van der Waals surface area contributed by atoms with E-state index < -0.39 is 0 Å². The van der Waals surface area contributed by atoms with Gasteiger partial charge in [0.2, 0.25) is 5.91 Å². The Labute approximate surface area is 72.8 Å². The van der Waals surface area contributed by atoms with Crippen molar-refractivity contribution in [1.82, 2.24) is 5.32 Å². The van der Waals surface area contributed by atoms with Crippen LogP contribution in [0.2, 0.25) is 0 Å². The van der Waals surface area contributed by atoms with E-state index in [1.165, 1.54) is 6.26 Å². The Morgan fingerprint density at radius 2 is 2.58 bits per heavy atom. The maximum atomic E-state index is 10.8. The molecule has 1 fully saturated rings. The first-order valence-electron chi connectivity index (χ1n) is 4.27. The van der Waals surface area contributed by atoms with Gasteiger partial charge < -0.3 is 10.1 Å². The second kappa shape index (κ2) is 4.14. The predicted molar refractivity (Wildman–Crippen MR) is 46.5 cm³/mol. The van der Waals surface area contributed by atoms with Crippen molar-refractivity contribution in [3.05, 3.63) is 12.8 Å². The molecule has 2 unspecified atom stereocenters. The zero-order valence-corrected chi connectivity index (χ0v) is 7.38. The molecule has 1 aliphatic rings. The molecule has 12 heavy (non-hydrogen) atoms. The standard InChI is InChI=1S/C9H15NO2/c1-3-12-7(2)8-4-5-9(11)10-6-8/h3,7-8H,1,4-6H2,2H3,(H,10,11). The number of hydrogen-bond acceptors (Lipinski definition) is 2. The highest BCUT2D eigenvalue weighted by Crippen LogP contribution is 2.17. The van der Waals surface area contributed by atoms with Gasteiger partial charge in [-0.3, -0.25) is 4.79 Å². The summed E-state index contributed by atoms with van der Waals surface area (Å²) in [7, 11) is 0. The van der Waals surface area contributed by atoms with Crippen LogP contribution in [0.25, 0.3) is 0 Å². The fourth-order valence-electron chi connectivity index (χ4n) is 1.42. The molecule has 0 aromatic rings. The lowest BCUT2D eigenvalue weighted by atomic mass is 9.94. The van der Waals surface area contributed by atoms with Crippen molar-refractivity contribution in [3.8, 4) is 0 Å². The van der Waals surface area contributed by atoms with Crippen molar-refractivity contribution in [2.24, 2.45) is 5.92 Å². The number of nitrogens with one attached hydrogen (secondary N) is 1. The molecular formula is C9H15NO2. The highest BCUT2D eigenvalue weighted by molar-refractivity contribution is 5.76. The predicted octanol–water partition coefficient (Wildman–Crippen LogP) is 1.06. The number of rotatable bonds is 3. The summed E-state index contributed by atoms with van der Waals surface area (Å²) in [6.07, 6.45) is 3.15. The van der Waals surface area contributed by atoms with Gasteiger partial charge in [0.25, 0.3) is 0 Å². The van der Waals surface area contributed by atoms with Crippen LogP contribution in [0.4, 0.5) is 0 Å². The molecule has 1 amide bonds. The van der Waals surface area contributed by atoms with Gasteiger partial charge in [-0.2, -0.15) is 0 Å². The first-order chi connectivity index (χ1) is 5.74. The molecule has 1 aliphatic heterocycles. The smallest absolute Gasteiger partial charge is 0.220 e. The summed E-state index contributed by atoms with van der Waals surface area (Å²) < 4.78 is 5.23. The van der Waals surface area contributed by atoms with E-state index in [0.717, 1.165) is 13.0 Å². The molecule has 0 aliphatic carbocycles. The number of piperidine rings is 1. The number of ether oxygens (including phenoxy) is 1. The molecule has 1 rings (SSSR count). The van der Waals surface area contributed by atoms with Gasteiger partial charge in [-0.15, -0.1) is 0 Å². The van der Waals surface area contributed by atoms with Crippen molar-refractivity contribution in [2.45, 2.75) is 25.9 Å². The summed E-state index contributed by atoms with van der Waals surface area (Å²) in [4.78, 5) is 10.8. The lowest BCUT2D eigenvalue weighted by molar-refractivity contribution is -0.123. The molecule has 1 saturated heterocycles. The summed E-state index contributed by atoms with van der Waals surface area (Å²) in [5, 5.41) is 2.82. The molecule has 1 heterocycles. The molecule has 2 atom stereocenters. The van der Waals surface area contributed by atoms with Gasteiger partial charge >= 0.3 is 0 Å². The Balaban J connectivity index is 2.33. The molecule has 0 bridgehead atoms. The number of carbonyl (C=O) groups is 1. The van der Waals surface area contributed by atoms with E-state index in [1.54, 1.807) is 0 Å². The van der Waals surface area contributed by atoms with Crippen molar-refractivity contribution in [1.29, 1.82) is 0 Å². The van der Waals surface area contributed by atoms with E-state index in [1.807, 2.05) is 6.92 Å². The van der Waals surface area contributed by atoms with Crippen molar-refractivity contribution in [3.63, 3.8) is 0 Å². The van der Waals surface area contributed by atoms with Crippen LogP contribution in [-0.2, 0) is 9.53 Å². The van der Waals surface area contributed by atoms with Crippen LogP contribution in [0.15, 0.2) is 12.8 Å². The van der Waals surface area contributed by atoms with Gasteiger partial charge in [0.15, 0.2) is 0 Å². The highest BCUT2D eigenvalue weighted by Gasteiger charge is 2.23. The van der Waals surface area contributed by atoms with Crippen LogP contribution in [0.3, 0.4) is 0 Å². The minimum atomic E-state index is 0.150. The molecule has 1 N–H and O–H groups in total. The first kappa shape index (κ1) is 9.10. The minimum absolute atomic E-state index is 0.150. The fraction of sp³-hybridized carbons (Fsp3) is 0.667. The molecule has 0 aromatic carbocycles. The monoisotopic (exact) mass is 169 g/mol. The Hall–Kier alpha value is -0.990. The normalized spacial score (nSPS) is 25.8. The van der Waals surface area contributed by atoms with Crippen molar-refractivity contribution >= 4 is 5.91 Å². The second-order valence-corrected chi connectivity index (χ2v) is 3.11. The molecule has 0 saturated carbocycles. The van der Waals surface area contributed by atoms with Gasteiger partial charge in [-0.1, -0.05) is 6.58 Å². The first-order valence-corrected chi connectivity index (χ1v) is 4.27. The second-order valence-electron chi connectivity index (χ2n) is 3.11. The lowest BCUT2D eigenvalue weighted by Crippen LogP contribution is -2.39. The average Bonchev–Trinajstić information content (AvgIpc) is 2.06. The topological polar surface area (TPSA) is 38.3 Å². The van der Waals surface area contributed by atoms with E-state index in [2.05, 4.69) is 11.9 Å². The average molecular weight is 169 g/mol. The summed E-state index contributed by atoms with van der Waals surface area (Å²) in [6.45, 7) is 6.23. The fourth-order valence-corrected chi connectivity index (χ4v) is 1.42. The van der Waals surface area contributed by atoms with Gasteiger partial charge in [0.05, 0.1) is 12.4 Å². The maximum Gasteiger partial charge on any atom is 0.220 e. The third-order valence-corrected chi connectivity index (χ3v) is 2.28. The van der Waals surface area contributed by atoms with Gasteiger partial charge in [-0.25, -0.2) is 0 Å². The Bertz CT molecular complexity index is 169. The third kappa shape index (κ3) is 2.26. The maximum absolute atomic E-state index is 10.8. The van der Waals surface area contributed by atoms with E-state index >= 15 is 0 Å². The highest BCUT2D eigenvalue weighted by atomic mass is 16.5. The van der Waals surface area contributed by atoms with Crippen LogP contribution in [0.5, 0.6) is 0 Å². The third-order valence-electron chi connectivity index (χ3n) is 2.28. The largest absolute Gasteiger partial charge is 0.499 e. The van der Waals surface area contributed by atoms with Crippen molar-refractivity contribution in [2.75, 3.05) is 6.54 Å². The van der Waals surface area contributed by atoms with E-state index in [0.29, 0.717) is 12.3 Å². The van der Waals surface area contributed by atoms with Gasteiger partial charge in [-0.05, 0) is 13.3 Å². The van der Waals surface area contributed by atoms with Crippen molar-refractivity contribution < 1.29 is 9.53 Å².